The first kappa shape index (κ1) is 40.6. The highest BCUT2D eigenvalue weighted by atomic mass is 14.5. The molecule has 0 aromatic heterocycles. The molecule has 0 fully saturated rings. The monoisotopic (exact) mass is 948 g/mol. The smallest absolute Gasteiger partial charge is 0.0619 e. The predicted molar refractivity (Wildman–Crippen MR) is 316 cm³/mol. The van der Waals surface area contributed by atoms with Crippen LogP contribution >= 0.6 is 0 Å². The van der Waals surface area contributed by atoms with Crippen LogP contribution in [0.15, 0.2) is 218 Å². The molecule has 4 aliphatic rings. The molecule has 0 heterocycles. The standard InChI is InChI=1S/C75H48/c1-73(2)61-35-45(27-31-55(61)71-57-33-23-43-13-9-11-41-19-21-49(39-65(71)73)69(57)67(41)43)47-25-29-53-54-30-26-48(38-64(54)75(63(53)37-47)59-17-7-5-15-51(59)52-16-6-8-18-60(52)75)46-28-32-56-62(36-46)74(3,4)66-40-50-22-20-42-12-10-14-44-24-34-58(72(56)66)70(50)68(42)44/h5-40H,1-4H3. The second-order valence-electron chi connectivity index (χ2n) is 23.4. The van der Waals surface area contributed by atoms with E-state index in [-0.39, 0.29) is 10.8 Å². The SMILES string of the molecule is CC1(C)c2cc(-c3ccc4c(c3)C3(c5ccccc5-c5ccccc53)c3cc(-c5ccc6c(c5)C(C)(C)c5cc7ccc8cccc9ccc(c5-6)c7c89)ccc3-4)ccc2-c2c1cc1ccc3cccc4ccc2c1c34. The molecular weight excluding hydrogens is 901 g/mol. The Hall–Kier alpha value is -8.84. The number of fused-ring (bicyclic) bond motifs is 18. The van der Waals surface area contributed by atoms with Crippen LogP contribution in [-0.2, 0) is 16.2 Å². The summed E-state index contributed by atoms with van der Waals surface area (Å²) in [6.07, 6.45) is 0. The first-order valence-electron chi connectivity index (χ1n) is 26.9. The normalized spacial score (nSPS) is 15.5. The molecule has 0 amide bonds. The van der Waals surface area contributed by atoms with Crippen LogP contribution in [0.1, 0.15) is 72.2 Å². The maximum absolute atomic E-state index is 2.56. The minimum atomic E-state index is -0.490. The lowest BCUT2D eigenvalue weighted by Gasteiger charge is -2.31. The van der Waals surface area contributed by atoms with Crippen molar-refractivity contribution < 1.29 is 0 Å². The van der Waals surface area contributed by atoms with E-state index in [0.29, 0.717) is 0 Å². The van der Waals surface area contributed by atoms with Crippen LogP contribution in [0.25, 0.3) is 131 Å². The van der Waals surface area contributed by atoms with Gasteiger partial charge in [-0.1, -0.05) is 210 Å². The molecule has 0 saturated heterocycles. The summed E-state index contributed by atoms with van der Waals surface area (Å²) < 4.78 is 0. The summed E-state index contributed by atoms with van der Waals surface area (Å²) in [5, 5.41) is 16.2. The molecule has 0 N–H and O–H groups in total. The Morgan fingerprint density at radius 1 is 0.227 bits per heavy atom. The van der Waals surface area contributed by atoms with Crippen LogP contribution < -0.4 is 0 Å². The van der Waals surface area contributed by atoms with Gasteiger partial charge in [-0.15, -0.1) is 0 Å². The quantitative estimate of drug-likeness (QED) is 0.152. The molecule has 0 saturated carbocycles. The van der Waals surface area contributed by atoms with Crippen molar-refractivity contribution in [2.75, 3.05) is 0 Å². The molecule has 75 heavy (non-hydrogen) atoms. The average Bonchev–Trinajstić information content (AvgIpc) is 4.24. The van der Waals surface area contributed by atoms with E-state index in [1.807, 2.05) is 0 Å². The van der Waals surface area contributed by atoms with E-state index in [4.69, 9.17) is 0 Å². The Kier molecular flexibility index (Phi) is 7.29. The third-order valence-corrected chi connectivity index (χ3v) is 19.3. The molecular formula is C75H48. The average molecular weight is 949 g/mol. The van der Waals surface area contributed by atoms with Crippen molar-refractivity contribution >= 4 is 64.6 Å². The molecule has 14 aromatic rings. The Bertz CT molecular complexity index is 4590. The summed E-state index contributed by atoms with van der Waals surface area (Å²) in [5.74, 6) is 0. The van der Waals surface area contributed by atoms with Crippen molar-refractivity contribution in [1.82, 2.24) is 0 Å². The van der Waals surface area contributed by atoms with Crippen LogP contribution in [0.3, 0.4) is 0 Å². The zero-order valence-electron chi connectivity index (χ0n) is 42.3. The van der Waals surface area contributed by atoms with Crippen LogP contribution in [0.5, 0.6) is 0 Å². The van der Waals surface area contributed by atoms with Gasteiger partial charge >= 0.3 is 0 Å². The zero-order valence-corrected chi connectivity index (χ0v) is 42.3. The first-order valence-corrected chi connectivity index (χ1v) is 26.9. The van der Waals surface area contributed by atoms with E-state index in [9.17, 15) is 0 Å². The Labute approximate surface area is 435 Å². The molecule has 14 aromatic carbocycles. The van der Waals surface area contributed by atoms with Gasteiger partial charge in [0.05, 0.1) is 5.41 Å². The molecule has 18 rings (SSSR count). The van der Waals surface area contributed by atoms with Gasteiger partial charge in [-0.05, 0) is 212 Å². The topological polar surface area (TPSA) is 0 Å². The van der Waals surface area contributed by atoms with E-state index >= 15 is 0 Å². The van der Waals surface area contributed by atoms with Crippen molar-refractivity contribution in [3.8, 4) is 66.8 Å². The molecule has 348 valence electrons. The van der Waals surface area contributed by atoms with Crippen molar-refractivity contribution in [1.29, 1.82) is 0 Å². The van der Waals surface area contributed by atoms with Gasteiger partial charge in [-0.2, -0.15) is 0 Å². The summed E-state index contributed by atoms with van der Waals surface area (Å²) in [6, 6.07) is 85.1. The zero-order chi connectivity index (χ0) is 49.4. The maximum atomic E-state index is 2.56. The van der Waals surface area contributed by atoms with Gasteiger partial charge in [-0.3, -0.25) is 0 Å². The number of hydrogen-bond donors (Lipinski definition) is 0. The summed E-state index contributed by atoms with van der Waals surface area (Å²) in [5.41, 5.74) is 26.1. The summed E-state index contributed by atoms with van der Waals surface area (Å²) in [7, 11) is 0. The summed E-state index contributed by atoms with van der Waals surface area (Å²) >= 11 is 0. The molecule has 0 aliphatic heterocycles. The summed E-state index contributed by atoms with van der Waals surface area (Å²) in [4.78, 5) is 0. The lowest BCUT2D eigenvalue weighted by Crippen LogP contribution is -2.26. The van der Waals surface area contributed by atoms with Gasteiger partial charge in [-0.25, -0.2) is 0 Å². The minimum Gasteiger partial charge on any atom is -0.0619 e. The fourth-order valence-electron chi connectivity index (χ4n) is 15.9. The van der Waals surface area contributed by atoms with Crippen molar-refractivity contribution in [2.24, 2.45) is 0 Å². The fourth-order valence-corrected chi connectivity index (χ4v) is 15.9. The molecule has 1 spiro atoms. The Morgan fingerprint density at radius 3 is 1.00 bits per heavy atom. The van der Waals surface area contributed by atoms with Gasteiger partial charge in [0.15, 0.2) is 0 Å². The second kappa shape index (κ2) is 13.5. The molecule has 0 unspecified atom stereocenters. The lowest BCUT2D eigenvalue weighted by atomic mass is 9.70. The van der Waals surface area contributed by atoms with Crippen molar-refractivity contribution in [3.05, 3.63) is 263 Å². The van der Waals surface area contributed by atoms with Crippen LogP contribution in [0, 0.1) is 0 Å². The number of rotatable bonds is 2. The van der Waals surface area contributed by atoms with E-state index in [1.165, 1.54) is 176 Å². The third kappa shape index (κ3) is 4.78. The third-order valence-electron chi connectivity index (χ3n) is 19.3. The van der Waals surface area contributed by atoms with E-state index < -0.39 is 5.41 Å². The Balaban J connectivity index is 0.807. The van der Waals surface area contributed by atoms with Gasteiger partial charge in [0, 0.05) is 10.8 Å². The van der Waals surface area contributed by atoms with E-state index in [0.717, 1.165) is 0 Å². The van der Waals surface area contributed by atoms with Gasteiger partial charge < -0.3 is 0 Å². The lowest BCUT2D eigenvalue weighted by molar-refractivity contribution is 0.661. The van der Waals surface area contributed by atoms with Crippen LogP contribution in [0.4, 0.5) is 0 Å². The summed E-state index contributed by atoms with van der Waals surface area (Å²) in [6.45, 7) is 9.74. The largest absolute Gasteiger partial charge is 0.0725 e. The van der Waals surface area contributed by atoms with Crippen LogP contribution in [-0.4, -0.2) is 0 Å². The number of hydrogen-bond acceptors (Lipinski definition) is 0. The highest BCUT2D eigenvalue weighted by molar-refractivity contribution is 6.28. The predicted octanol–water partition coefficient (Wildman–Crippen LogP) is 19.8. The highest BCUT2D eigenvalue weighted by Gasteiger charge is 2.52. The molecule has 0 atom stereocenters. The first-order chi connectivity index (χ1) is 36.7. The van der Waals surface area contributed by atoms with Crippen molar-refractivity contribution in [2.45, 2.75) is 43.9 Å². The highest BCUT2D eigenvalue weighted by Crippen LogP contribution is 2.64. The second-order valence-corrected chi connectivity index (χ2v) is 23.4. The number of benzene rings is 14. The van der Waals surface area contributed by atoms with Gasteiger partial charge in [0.1, 0.15) is 0 Å². The van der Waals surface area contributed by atoms with Crippen LogP contribution in [0.2, 0.25) is 0 Å². The molecule has 0 heteroatoms. The maximum Gasteiger partial charge on any atom is 0.0725 e. The van der Waals surface area contributed by atoms with E-state index in [2.05, 4.69) is 246 Å². The molecule has 0 radical (unpaired) electrons. The molecule has 0 bridgehead atoms. The Morgan fingerprint density at radius 2 is 0.573 bits per heavy atom. The molecule has 4 aliphatic carbocycles. The van der Waals surface area contributed by atoms with Crippen molar-refractivity contribution in [3.63, 3.8) is 0 Å². The van der Waals surface area contributed by atoms with E-state index in [1.54, 1.807) is 0 Å². The molecule has 0 nitrogen and oxygen atoms in total. The van der Waals surface area contributed by atoms with Gasteiger partial charge in [0.2, 0.25) is 0 Å². The van der Waals surface area contributed by atoms with Gasteiger partial charge in [0.25, 0.3) is 0 Å². The minimum absolute atomic E-state index is 0.171. The fraction of sp³-hybridized carbons (Fsp3) is 0.0933.